The van der Waals surface area contributed by atoms with Gasteiger partial charge in [0, 0.05) is 24.5 Å². The van der Waals surface area contributed by atoms with Crippen LogP contribution in [0.15, 0.2) is 55.0 Å². The predicted molar refractivity (Wildman–Crippen MR) is 92.4 cm³/mol. The van der Waals surface area contributed by atoms with Crippen molar-refractivity contribution in [1.82, 2.24) is 24.3 Å². The molecule has 0 aliphatic heterocycles. The van der Waals surface area contributed by atoms with E-state index in [4.69, 9.17) is 5.73 Å². The number of nitrogens with zero attached hydrogens (tertiary/aromatic N) is 5. The molecule has 6 nitrogen and oxygen atoms in total. The Balaban J connectivity index is 1.76. The van der Waals surface area contributed by atoms with E-state index < -0.39 is 0 Å². The van der Waals surface area contributed by atoms with Gasteiger partial charge in [-0.15, -0.1) is 0 Å². The predicted octanol–water partition coefficient (Wildman–Crippen LogP) is 2.67. The fourth-order valence-electron chi connectivity index (χ4n) is 2.76. The third-order valence-electron chi connectivity index (χ3n) is 3.95. The number of aromatic nitrogens is 5. The van der Waals surface area contributed by atoms with Crippen LogP contribution < -0.4 is 5.73 Å². The molecule has 3 heterocycles. The maximum absolute atomic E-state index is 5.68. The minimum absolute atomic E-state index is 0.242. The standard InChI is InChI=1S/C18H16N6/c1-12-17(15-7-8-20-18(19)22-15)23-16-10-21-14(11-24(12)16)9-13-5-3-2-4-6-13/h2-8,10-11H,9H2,1H3,(H2,19,20,22). The zero-order valence-electron chi connectivity index (χ0n) is 13.2. The highest BCUT2D eigenvalue weighted by Crippen LogP contribution is 2.22. The monoisotopic (exact) mass is 316 g/mol. The Kier molecular flexibility index (Phi) is 3.42. The third-order valence-corrected chi connectivity index (χ3v) is 3.95. The van der Waals surface area contributed by atoms with Crippen LogP contribution in [0.1, 0.15) is 17.0 Å². The van der Waals surface area contributed by atoms with Crippen LogP contribution in [-0.2, 0) is 6.42 Å². The molecule has 4 rings (SSSR count). The van der Waals surface area contributed by atoms with E-state index in [1.54, 1.807) is 12.4 Å². The maximum atomic E-state index is 5.68. The quantitative estimate of drug-likeness (QED) is 0.628. The Morgan fingerprint density at radius 1 is 1.04 bits per heavy atom. The number of nitrogen functional groups attached to an aromatic ring is 1. The molecule has 2 N–H and O–H groups in total. The summed E-state index contributed by atoms with van der Waals surface area (Å²) < 4.78 is 2.04. The lowest BCUT2D eigenvalue weighted by molar-refractivity contribution is 0.987. The Morgan fingerprint density at radius 2 is 1.88 bits per heavy atom. The van der Waals surface area contributed by atoms with Crippen molar-refractivity contribution in [1.29, 1.82) is 0 Å². The molecule has 118 valence electrons. The molecule has 6 heteroatoms. The lowest BCUT2D eigenvalue weighted by atomic mass is 10.1. The van der Waals surface area contributed by atoms with Crippen molar-refractivity contribution in [2.75, 3.05) is 5.73 Å². The zero-order valence-corrected chi connectivity index (χ0v) is 13.2. The summed E-state index contributed by atoms with van der Waals surface area (Å²) in [5.74, 6) is 0.242. The van der Waals surface area contributed by atoms with Gasteiger partial charge in [0.25, 0.3) is 0 Å². The van der Waals surface area contributed by atoms with Crippen LogP contribution in [0.4, 0.5) is 5.95 Å². The second kappa shape index (κ2) is 5.73. The van der Waals surface area contributed by atoms with E-state index in [2.05, 4.69) is 32.1 Å². The Hall–Kier alpha value is -3.28. The largest absolute Gasteiger partial charge is 0.368 e. The minimum Gasteiger partial charge on any atom is -0.368 e. The highest BCUT2D eigenvalue weighted by molar-refractivity contribution is 5.63. The summed E-state index contributed by atoms with van der Waals surface area (Å²) in [6.07, 6.45) is 6.24. The number of fused-ring (bicyclic) bond motifs is 1. The van der Waals surface area contributed by atoms with Crippen LogP contribution in [0, 0.1) is 6.92 Å². The maximum Gasteiger partial charge on any atom is 0.220 e. The fourth-order valence-corrected chi connectivity index (χ4v) is 2.76. The van der Waals surface area contributed by atoms with Crippen LogP contribution in [-0.4, -0.2) is 24.3 Å². The Labute approximate surface area is 139 Å². The van der Waals surface area contributed by atoms with Crippen molar-refractivity contribution in [3.63, 3.8) is 0 Å². The number of anilines is 1. The van der Waals surface area contributed by atoms with Gasteiger partial charge >= 0.3 is 0 Å². The van der Waals surface area contributed by atoms with Gasteiger partial charge in [-0.3, -0.25) is 4.98 Å². The summed E-state index contributed by atoms with van der Waals surface area (Å²) in [4.78, 5) is 17.3. The molecule has 0 atom stereocenters. The van der Waals surface area contributed by atoms with Gasteiger partial charge < -0.3 is 10.1 Å². The van der Waals surface area contributed by atoms with Gasteiger partial charge in [-0.25, -0.2) is 15.0 Å². The molecule has 0 fully saturated rings. The zero-order chi connectivity index (χ0) is 16.5. The van der Waals surface area contributed by atoms with Crippen molar-refractivity contribution in [2.45, 2.75) is 13.3 Å². The normalized spacial score (nSPS) is 11.0. The molecule has 4 aromatic rings. The number of nitrogens with two attached hydrogens (primary N) is 1. The van der Waals surface area contributed by atoms with E-state index in [1.807, 2.05) is 41.8 Å². The van der Waals surface area contributed by atoms with Gasteiger partial charge in [0.05, 0.1) is 17.6 Å². The van der Waals surface area contributed by atoms with Gasteiger partial charge in [0.15, 0.2) is 5.65 Å². The van der Waals surface area contributed by atoms with Crippen LogP contribution in [0.2, 0.25) is 0 Å². The molecule has 0 saturated carbocycles. The molecule has 1 aromatic carbocycles. The average Bonchev–Trinajstić information content (AvgIpc) is 2.93. The lowest BCUT2D eigenvalue weighted by Gasteiger charge is -2.03. The molecule has 0 amide bonds. The van der Waals surface area contributed by atoms with Gasteiger partial charge in [0.2, 0.25) is 5.95 Å². The minimum atomic E-state index is 0.242. The second-order valence-corrected chi connectivity index (χ2v) is 5.62. The number of rotatable bonds is 3. The molecule has 0 bridgehead atoms. The first-order valence-corrected chi connectivity index (χ1v) is 7.67. The average molecular weight is 316 g/mol. The summed E-state index contributed by atoms with van der Waals surface area (Å²) >= 11 is 0. The molecular weight excluding hydrogens is 300 g/mol. The summed E-state index contributed by atoms with van der Waals surface area (Å²) in [5.41, 5.74) is 11.2. The molecule has 3 aromatic heterocycles. The van der Waals surface area contributed by atoms with E-state index in [-0.39, 0.29) is 5.95 Å². The number of benzene rings is 1. The molecule has 0 aliphatic carbocycles. The number of hydrogen-bond donors (Lipinski definition) is 1. The van der Waals surface area contributed by atoms with Gasteiger partial charge in [-0.05, 0) is 18.6 Å². The molecule has 0 aliphatic rings. The SMILES string of the molecule is Cc1c(-c2ccnc(N)n2)nc2cnc(Cc3ccccc3)cn12. The number of aryl methyl sites for hydroxylation is 1. The van der Waals surface area contributed by atoms with E-state index in [0.717, 1.165) is 29.1 Å². The molecule has 0 radical (unpaired) electrons. The van der Waals surface area contributed by atoms with Crippen molar-refractivity contribution >= 4 is 11.6 Å². The summed E-state index contributed by atoms with van der Waals surface area (Å²) in [6, 6.07) is 12.1. The van der Waals surface area contributed by atoms with E-state index >= 15 is 0 Å². The summed E-state index contributed by atoms with van der Waals surface area (Å²) in [6.45, 7) is 2.01. The van der Waals surface area contributed by atoms with Crippen LogP contribution >= 0.6 is 0 Å². The number of hydrogen-bond acceptors (Lipinski definition) is 5. The third kappa shape index (κ3) is 2.58. The van der Waals surface area contributed by atoms with E-state index in [9.17, 15) is 0 Å². The second-order valence-electron chi connectivity index (χ2n) is 5.62. The van der Waals surface area contributed by atoms with Gasteiger partial charge in [0.1, 0.15) is 5.69 Å². The number of imidazole rings is 1. The van der Waals surface area contributed by atoms with Gasteiger partial charge in [-0.1, -0.05) is 30.3 Å². The van der Waals surface area contributed by atoms with Crippen molar-refractivity contribution in [2.24, 2.45) is 0 Å². The highest BCUT2D eigenvalue weighted by atomic mass is 15.1. The summed E-state index contributed by atoms with van der Waals surface area (Å²) in [7, 11) is 0. The molecule has 0 saturated heterocycles. The first kappa shape index (κ1) is 14.3. The molecular formula is C18H16N6. The smallest absolute Gasteiger partial charge is 0.220 e. The lowest BCUT2D eigenvalue weighted by Crippen LogP contribution is -1.98. The fraction of sp³-hybridized carbons (Fsp3) is 0.111. The summed E-state index contributed by atoms with van der Waals surface area (Å²) in [5, 5.41) is 0. The van der Waals surface area contributed by atoms with Gasteiger partial charge in [-0.2, -0.15) is 0 Å². The van der Waals surface area contributed by atoms with Crippen molar-refractivity contribution in [3.8, 4) is 11.4 Å². The van der Waals surface area contributed by atoms with E-state index in [0.29, 0.717) is 5.69 Å². The topological polar surface area (TPSA) is 82.0 Å². The first-order chi connectivity index (χ1) is 11.7. The molecule has 24 heavy (non-hydrogen) atoms. The van der Waals surface area contributed by atoms with Crippen LogP contribution in [0.25, 0.3) is 17.0 Å². The van der Waals surface area contributed by atoms with Crippen LogP contribution in [0.3, 0.4) is 0 Å². The highest BCUT2D eigenvalue weighted by Gasteiger charge is 2.13. The Bertz CT molecular complexity index is 1010. The molecule has 0 spiro atoms. The van der Waals surface area contributed by atoms with Crippen molar-refractivity contribution in [3.05, 3.63) is 71.9 Å². The van der Waals surface area contributed by atoms with E-state index in [1.165, 1.54) is 5.56 Å². The Morgan fingerprint density at radius 3 is 2.67 bits per heavy atom. The van der Waals surface area contributed by atoms with Crippen LogP contribution in [0.5, 0.6) is 0 Å². The first-order valence-electron chi connectivity index (χ1n) is 7.67. The molecule has 0 unspecified atom stereocenters. The van der Waals surface area contributed by atoms with Crippen molar-refractivity contribution < 1.29 is 0 Å².